The van der Waals surface area contributed by atoms with Crippen LogP contribution in [0.15, 0.2) is 97.1 Å². The van der Waals surface area contributed by atoms with Crippen molar-refractivity contribution in [2.24, 2.45) is 11.8 Å². The fourth-order valence-electron chi connectivity index (χ4n) is 7.53. The van der Waals surface area contributed by atoms with Crippen molar-refractivity contribution >= 4 is 61.5 Å². The monoisotopic (exact) mass is 908 g/mol. The van der Waals surface area contributed by atoms with Gasteiger partial charge < -0.3 is 29.6 Å². The van der Waals surface area contributed by atoms with Gasteiger partial charge in [-0.05, 0) is 68.5 Å². The van der Waals surface area contributed by atoms with E-state index >= 15 is 0 Å². The van der Waals surface area contributed by atoms with Gasteiger partial charge in [-0.1, -0.05) is 151 Å². The van der Waals surface area contributed by atoms with E-state index in [0.29, 0.717) is 24.5 Å². The van der Waals surface area contributed by atoms with E-state index in [2.05, 4.69) is 41.2 Å². The smallest absolute Gasteiger partial charge is 0.548 e. The summed E-state index contributed by atoms with van der Waals surface area (Å²) in [4.78, 5) is 52.2. The zero-order valence-electron chi connectivity index (χ0n) is 37.9. The Bertz CT molecular complexity index is 2240. The third kappa shape index (κ3) is 14.1. The van der Waals surface area contributed by atoms with Crippen LogP contribution in [-0.4, -0.2) is 125 Å². The van der Waals surface area contributed by atoms with Crippen LogP contribution >= 0.6 is 0 Å². The zero-order valence-corrected chi connectivity index (χ0v) is 40.1. The maximum absolute atomic E-state index is 12.8. The van der Waals surface area contributed by atoms with Gasteiger partial charge in [-0.2, -0.15) is 10.4 Å². The van der Waals surface area contributed by atoms with Gasteiger partial charge in [0, 0.05) is 37.1 Å². The number of carboxylic acid groups (broad SMARTS) is 2. The molecule has 0 saturated carbocycles. The van der Waals surface area contributed by atoms with Gasteiger partial charge in [0.15, 0.2) is 0 Å². The molecule has 0 bridgehead atoms. The SMILES string of the molecule is CCCCC(=O)N(Cc1ccc(-c2ccccc2-c2nn[nH]n2)cc1)[C@H](C(=O)[O-])C(C)C.CCCCC(=O)N(Cc1ccc(-c2ccccc2-c2nn[nH]n2)cc1)[C@H](C(=O)[O-])C(C)C.[Ca+2]. The number of hydrogen-bond donors (Lipinski definition) is 2. The van der Waals surface area contributed by atoms with Crippen molar-refractivity contribution in [2.75, 3.05) is 0 Å². The summed E-state index contributed by atoms with van der Waals surface area (Å²) in [5.41, 5.74) is 7.21. The summed E-state index contributed by atoms with van der Waals surface area (Å²) >= 11 is 0. The number of benzene rings is 4. The van der Waals surface area contributed by atoms with Crippen LogP contribution < -0.4 is 10.2 Å². The molecule has 4 aromatic carbocycles. The van der Waals surface area contributed by atoms with Crippen molar-refractivity contribution in [3.8, 4) is 45.0 Å². The number of tetrazole rings is 2. The van der Waals surface area contributed by atoms with E-state index < -0.39 is 24.0 Å². The number of hydrogen-bond acceptors (Lipinski definition) is 12. The topological polar surface area (TPSA) is 230 Å². The molecule has 2 N–H and O–H groups in total. The molecule has 2 aromatic heterocycles. The maximum Gasteiger partial charge on any atom is 2.00 e. The Hall–Kier alpha value is -5.84. The molecule has 0 aliphatic rings. The first kappa shape index (κ1) is 51.8. The summed E-state index contributed by atoms with van der Waals surface area (Å²) in [6.45, 7) is 11.6. The molecule has 2 heterocycles. The number of nitrogens with zero attached hydrogens (tertiary/aromatic N) is 8. The fraction of sp³-hybridized carbons (Fsp3) is 0.375. The molecule has 65 heavy (non-hydrogen) atoms. The van der Waals surface area contributed by atoms with Crippen LogP contribution in [0.2, 0.25) is 0 Å². The van der Waals surface area contributed by atoms with Gasteiger partial charge in [0.05, 0.1) is 24.0 Å². The summed E-state index contributed by atoms with van der Waals surface area (Å²) in [5, 5.41) is 52.1. The zero-order chi connectivity index (χ0) is 46.2. The number of rotatable bonds is 20. The molecule has 2 atom stereocenters. The van der Waals surface area contributed by atoms with Gasteiger partial charge in [0.2, 0.25) is 23.5 Å². The Kier molecular flexibility index (Phi) is 20.4. The predicted octanol–water partition coefficient (Wildman–Crippen LogP) is 5.27. The number of carboxylic acids is 2. The Morgan fingerprint density at radius 1 is 0.538 bits per heavy atom. The summed E-state index contributed by atoms with van der Waals surface area (Å²) < 4.78 is 0. The fourth-order valence-corrected chi connectivity index (χ4v) is 7.53. The van der Waals surface area contributed by atoms with E-state index in [-0.39, 0.29) is 74.5 Å². The second-order valence-corrected chi connectivity index (χ2v) is 16.2. The molecule has 0 fully saturated rings. The second-order valence-electron chi connectivity index (χ2n) is 16.2. The summed E-state index contributed by atoms with van der Waals surface area (Å²) in [5.74, 6) is -2.29. The number of amides is 2. The van der Waals surface area contributed by atoms with E-state index in [4.69, 9.17) is 0 Å². The molecular formula is C48H56CaN10O6. The molecule has 0 saturated heterocycles. The molecule has 6 rings (SSSR count). The van der Waals surface area contributed by atoms with Crippen molar-refractivity contribution in [3.05, 3.63) is 108 Å². The van der Waals surface area contributed by atoms with Crippen LogP contribution in [0.4, 0.5) is 0 Å². The minimum Gasteiger partial charge on any atom is -0.548 e. The van der Waals surface area contributed by atoms with Crippen molar-refractivity contribution in [1.29, 1.82) is 0 Å². The van der Waals surface area contributed by atoms with Crippen molar-refractivity contribution in [1.82, 2.24) is 51.0 Å². The van der Waals surface area contributed by atoms with E-state index in [1.165, 1.54) is 9.80 Å². The third-order valence-corrected chi connectivity index (χ3v) is 10.8. The molecule has 0 unspecified atom stereocenters. The molecule has 0 radical (unpaired) electrons. The maximum atomic E-state index is 12.8. The Morgan fingerprint density at radius 3 is 1.15 bits per heavy atom. The van der Waals surface area contributed by atoms with E-state index in [9.17, 15) is 29.4 Å². The van der Waals surface area contributed by atoms with Gasteiger partial charge >= 0.3 is 37.7 Å². The van der Waals surface area contributed by atoms with Gasteiger partial charge in [-0.25, -0.2) is 0 Å². The van der Waals surface area contributed by atoms with Crippen LogP contribution in [0.3, 0.4) is 0 Å². The average molecular weight is 909 g/mol. The number of carbonyl (C=O) groups excluding carboxylic acids is 4. The number of aromatic nitrogens is 8. The van der Waals surface area contributed by atoms with Crippen molar-refractivity contribution in [3.63, 3.8) is 0 Å². The number of carbonyl (C=O) groups is 4. The summed E-state index contributed by atoms with van der Waals surface area (Å²) in [7, 11) is 0. The van der Waals surface area contributed by atoms with Gasteiger partial charge in [-0.3, -0.25) is 9.59 Å². The molecule has 0 spiro atoms. The largest absolute Gasteiger partial charge is 2.00 e. The molecule has 17 heteroatoms. The van der Waals surface area contributed by atoms with Crippen molar-refractivity contribution in [2.45, 2.75) is 105 Å². The Labute approximate surface area is 409 Å². The quantitative estimate of drug-likeness (QED) is 0.0934. The van der Waals surface area contributed by atoms with E-state index in [0.717, 1.165) is 70.2 Å². The molecule has 0 aliphatic heterocycles. The minimum absolute atomic E-state index is 0. The summed E-state index contributed by atoms with van der Waals surface area (Å²) in [6.07, 6.45) is 3.82. The molecule has 0 aliphatic carbocycles. The first-order chi connectivity index (χ1) is 30.8. The first-order valence-electron chi connectivity index (χ1n) is 21.7. The van der Waals surface area contributed by atoms with E-state index in [1.807, 2.05) is 111 Å². The Morgan fingerprint density at radius 2 is 0.877 bits per heavy atom. The normalized spacial score (nSPS) is 11.8. The van der Waals surface area contributed by atoms with Crippen LogP contribution in [0.25, 0.3) is 45.0 Å². The Balaban J connectivity index is 0.000000280. The van der Waals surface area contributed by atoms with E-state index in [1.54, 1.807) is 27.7 Å². The second kappa shape index (κ2) is 25.6. The number of unbranched alkanes of at least 4 members (excludes halogenated alkanes) is 2. The van der Waals surface area contributed by atoms with Gasteiger partial charge in [0.25, 0.3) is 0 Å². The molecular weight excluding hydrogens is 853 g/mol. The van der Waals surface area contributed by atoms with Crippen LogP contribution in [0, 0.1) is 11.8 Å². The number of nitrogens with one attached hydrogen (secondary N) is 2. The van der Waals surface area contributed by atoms with Crippen LogP contribution in [0.1, 0.15) is 91.2 Å². The van der Waals surface area contributed by atoms with Gasteiger partial charge in [-0.15, -0.1) is 20.4 Å². The minimum atomic E-state index is -1.23. The first-order valence-corrected chi connectivity index (χ1v) is 21.7. The van der Waals surface area contributed by atoms with Crippen LogP contribution in [0.5, 0.6) is 0 Å². The average Bonchev–Trinajstić information content (AvgIpc) is 4.04. The van der Waals surface area contributed by atoms with Crippen molar-refractivity contribution < 1.29 is 29.4 Å². The van der Waals surface area contributed by atoms with Crippen LogP contribution in [-0.2, 0) is 32.3 Å². The third-order valence-electron chi connectivity index (χ3n) is 10.8. The number of aromatic amines is 2. The number of aliphatic carboxylic acids is 2. The summed E-state index contributed by atoms with van der Waals surface area (Å²) in [6, 6.07) is 29.0. The molecule has 2 amide bonds. The standard InChI is InChI=1S/2C24H29N5O3.Ca/c2*1-4-5-10-21(30)29(22(16(2)3)24(31)32)15-17-11-13-18(14-12-17)19-8-6-7-9-20(19)23-25-27-28-26-23;/h2*6-9,11-14,16,22H,4-5,10,15H2,1-3H3,(H,31,32)(H,25,26,27,28);/q;;+2/p-2/t2*22-;/m00./s1. The molecule has 6 aromatic rings. The molecule has 16 nitrogen and oxygen atoms in total. The molecule has 336 valence electrons. The van der Waals surface area contributed by atoms with Gasteiger partial charge in [0.1, 0.15) is 0 Å². The predicted molar refractivity (Wildman–Crippen MR) is 243 cm³/mol. The number of H-pyrrole nitrogens is 2.